The lowest BCUT2D eigenvalue weighted by molar-refractivity contribution is -0.112. The van der Waals surface area contributed by atoms with Crippen molar-refractivity contribution in [3.63, 3.8) is 0 Å². The molecule has 0 atom stereocenters. The van der Waals surface area contributed by atoms with Gasteiger partial charge in [-0.15, -0.1) is 0 Å². The number of carbonyl (C=O) groups excluding carboxylic acids is 1. The Morgan fingerprint density at radius 3 is 2.24 bits per heavy atom. The number of hydrogen-bond acceptors (Lipinski definition) is 2. The first kappa shape index (κ1) is 14.3. The van der Waals surface area contributed by atoms with Crippen LogP contribution in [0.4, 0.5) is 5.69 Å². The van der Waals surface area contributed by atoms with Crippen LogP contribution < -0.4 is 5.32 Å². The zero-order valence-electron chi connectivity index (χ0n) is 11.4. The molecule has 0 aliphatic heterocycles. The number of allylic oxidation sites excluding steroid dienone is 2. The molecule has 2 rings (SSSR count). The lowest BCUT2D eigenvalue weighted by atomic mass is 10.2. The Balaban J connectivity index is 2.05. The van der Waals surface area contributed by atoms with E-state index in [9.17, 15) is 4.79 Å². The maximum atomic E-state index is 12.0. The summed E-state index contributed by atoms with van der Waals surface area (Å²) in [6.07, 6.45) is 5.04. The molecule has 0 aliphatic rings. The van der Waals surface area contributed by atoms with E-state index in [2.05, 4.69) is 5.32 Å². The summed E-state index contributed by atoms with van der Waals surface area (Å²) in [7, 11) is 0. The van der Waals surface area contributed by atoms with Gasteiger partial charge in [-0.1, -0.05) is 60.7 Å². The SMILES string of the molecule is N#C/C(=C\C=C\c1ccccc1)C(=O)Nc1ccccc1. The largest absolute Gasteiger partial charge is 0.321 e. The van der Waals surface area contributed by atoms with Crippen LogP contribution >= 0.6 is 0 Å². The molecule has 3 nitrogen and oxygen atoms in total. The van der Waals surface area contributed by atoms with Gasteiger partial charge in [-0.3, -0.25) is 4.79 Å². The molecule has 0 heterocycles. The zero-order chi connectivity index (χ0) is 14.9. The average Bonchev–Trinajstić information content (AvgIpc) is 2.53. The van der Waals surface area contributed by atoms with Crippen molar-refractivity contribution in [2.45, 2.75) is 0 Å². The Hall–Kier alpha value is -3.12. The van der Waals surface area contributed by atoms with Gasteiger partial charge in [0.05, 0.1) is 0 Å². The third-order valence-corrected chi connectivity index (χ3v) is 2.75. The number of nitrogens with one attached hydrogen (secondary N) is 1. The summed E-state index contributed by atoms with van der Waals surface area (Å²) in [5.74, 6) is -0.415. The lowest BCUT2D eigenvalue weighted by Crippen LogP contribution is -2.13. The molecule has 0 saturated carbocycles. The molecule has 2 aromatic rings. The third kappa shape index (κ3) is 4.48. The summed E-state index contributed by atoms with van der Waals surface area (Å²) in [6.45, 7) is 0. The molecule has 102 valence electrons. The van der Waals surface area contributed by atoms with Crippen molar-refractivity contribution < 1.29 is 4.79 Å². The minimum absolute atomic E-state index is 0.0611. The first-order valence-corrected chi connectivity index (χ1v) is 6.49. The monoisotopic (exact) mass is 274 g/mol. The maximum absolute atomic E-state index is 12.0. The van der Waals surface area contributed by atoms with Crippen LogP contribution in [0.2, 0.25) is 0 Å². The normalized spacial score (nSPS) is 11.1. The predicted molar refractivity (Wildman–Crippen MR) is 84.2 cm³/mol. The lowest BCUT2D eigenvalue weighted by Gasteiger charge is -2.02. The summed E-state index contributed by atoms with van der Waals surface area (Å²) in [5, 5.41) is 11.7. The predicted octanol–water partition coefficient (Wildman–Crippen LogP) is 3.79. The topological polar surface area (TPSA) is 52.9 Å². The second-order valence-electron chi connectivity index (χ2n) is 4.28. The molecular formula is C18H14N2O. The number of carbonyl (C=O) groups is 1. The van der Waals surface area contributed by atoms with E-state index in [4.69, 9.17) is 5.26 Å². The summed E-state index contributed by atoms with van der Waals surface area (Å²) in [6, 6.07) is 20.6. The van der Waals surface area contributed by atoms with Gasteiger partial charge < -0.3 is 5.32 Å². The molecule has 1 amide bonds. The fraction of sp³-hybridized carbons (Fsp3) is 0. The summed E-state index contributed by atoms with van der Waals surface area (Å²) >= 11 is 0. The number of anilines is 1. The molecule has 1 N–H and O–H groups in total. The first-order chi connectivity index (χ1) is 10.3. The van der Waals surface area contributed by atoms with Crippen LogP contribution in [0, 0.1) is 11.3 Å². The number of hydrogen-bond donors (Lipinski definition) is 1. The van der Waals surface area contributed by atoms with E-state index in [1.54, 1.807) is 18.2 Å². The second kappa shape index (κ2) is 7.46. The molecule has 3 heteroatoms. The Kier molecular flexibility index (Phi) is 5.08. The molecule has 0 unspecified atom stereocenters. The van der Waals surface area contributed by atoms with Crippen LogP contribution in [-0.2, 0) is 4.79 Å². The van der Waals surface area contributed by atoms with Crippen LogP contribution in [0.1, 0.15) is 5.56 Å². The summed E-state index contributed by atoms with van der Waals surface area (Å²) in [4.78, 5) is 12.0. The van der Waals surface area contributed by atoms with Gasteiger partial charge in [0.2, 0.25) is 0 Å². The molecule has 0 aliphatic carbocycles. The number of amides is 1. The number of nitrogens with zero attached hydrogens (tertiary/aromatic N) is 1. The van der Waals surface area contributed by atoms with Crippen molar-refractivity contribution in [2.75, 3.05) is 5.32 Å². The van der Waals surface area contributed by atoms with Crippen molar-refractivity contribution in [1.82, 2.24) is 0 Å². The maximum Gasteiger partial charge on any atom is 0.266 e. The molecule has 0 fully saturated rings. The molecule has 21 heavy (non-hydrogen) atoms. The van der Waals surface area contributed by atoms with E-state index in [-0.39, 0.29) is 5.57 Å². The van der Waals surface area contributed by atoms with Crippen LogP contribution in [0.15, 0.2) is 78.4 Å². The molecule has 0 saturated heterocycles. The fourth-order valence-electron chi connectivity index (χ4n) is 1.70. The van der Waals surface area contributed by atoms with E-state index in [0.29, 0.717) is 5.69 Å². The summed E-state index contributed by atoms with van der Waals surface area (Å²) < 4.78 is 0. The van der Waals surface area contributed by atoms with Gasteiger partial charge in [-0.05, 0) is 23.8 Å². The van der Waals surface area contributed by atoms with Crippen molar-refractivity contribution >= 4 is 17.7 Å². The highest BCUT2D eigenvalue weighted by molar-refractivity contribution is 6.06. The second-order valence-corrected chi connectivity index (χ2v) is 4.28. The van der Waals surface area contributed by atoms with Crippen molar-refractivity contribution in [1.29, 1.82) is 5.26 Å². The van der Waals surface area contributed by atoms with E-state index in [0.717, 1.165) is 5.56 Å². The van der Waals surface area contributed by atoms with Crippen molar-refractivity contribution in [2.24, 2.45) is 0 Å². The highest BCUT2D eigenvalue weighted by Gasteiger charge is 2.07. The highest BCUT2D eigenvalue weighted by Crippen LogP contribution is 2.08. The van der Waals surface area contributed by atoms with Crippen LogP contribution in [0.5, 0.6) is 0 Å². The van der Waals surface area contributed by atoms with Gasteiger partial charge in [0, 0.05) is 5.69 Å². The smallest absolute Gasteiger partial charge is 0.266 e. The van der Waals surface area contributed by atoms with Crippen molar-refractivity contribution in [3.8, 4) is 6.07 Å². The van der Waals surface area contributed by atoms with Gasteiger partial charge >= 0.3 is 0 Å². The van der Waals surface area contributed by atoms with Gasteiger partial charge in [0.25, 0.3) is 5.91 Å². The molecular weight excluding hydrogens is 260 g/mol. The average molecular weight is 274 g/mol. The number of rotatable bonds is 4. The van der Waals surface area contributed by atoms with E-state index < -0.39 is 5.91 Å². The van der Waals surface area contributed by atoms with Gasteiger partial charge in [-0.2, -0.15) is 5.26 Å². The molecule has 0 spiro atoms. The van der Waals surface area contributed by atoms with Gasteiger partial charge in [0.15, 0.2) is 0 Å². The minimum atomic E-state index is -0.415. The van der Waals surface area contributed by atoms with Crippen LogP contribution in [0.3, 0.4) is 0 Å². The van der Waals surface area contributed by atoms with Crippen LogP contribution in [-0.4, -0.2) is 5.91 Å². The number of benzene rings is 2. The Labute approximate surface area is 123 Å². The third-order valence-electron chi connectivity index (χ3n) is 2.75. The Morgan fingerprint density at radius 2 is 1.62 bits per heavy atom. The van der Waals surface area contributed by atoms with E-state index >= 15 is 0 Å². The Morgan fingerprint density at radius 1 is 1.00 bits per heavy atom. The van der Waals surface area contributed by atoms with E-state index in [1.165, 1.54) is 6.08 Å². The van der Waals surface area contributed by atoms with Gasteiger partial charge in [0.1, 0.15) is 11.6 Å². The fourth-order valence-corrected chi connectivity index (χ4v) is 1.70. The van der Waals surface area contributed by atoms with E-state index in [1.807, 2.05) is 60.7 Å². The number of para-hydroxylation sites is 1. The van der Waals surface area contributed by atoms with Gasteiger partial charge in [-0.25, -0.2) is 0 Å². The van der Waals surface area contributed by atoms with Crippen LogP contribution in [0.25, 0.3) is 6.08 Å². The Bertz CT molecular complexity index is 695. The summed E-state index contributed by atoms with van der Waals surface area (Å²) in [5.41, 5.74) is 1.73. The quantitative estimate of drug-likeness (QED) is 0.524. The molecule has 0 radical (unpaired) electrons. The number of nitriles is 1. The highest BCUT2D eigenvalue weighted by atomic mass is 16.1. The molecule has 0 aromatic heterocycles. The molecule has 2 aromatic carbocycles. The zero-order valence-corrected chi connectivity index (χ0v) is 11.4. The van der Waals surface area contributed by atoms with Crippen molar-refractivity contribution in [3.05, 3.63) is 84.0 Å². The standard InChI is InChI=1S/C18H14N2O/c19-14-16(11-7-10-15-8-3-1-4-9-15)18(21)20-17-12-5-2-6-13-17/h1-13H,(H,20,21)/b10-7+,16-11+. The minimum Gasteiger partial charge on any atom is -0.321 e. The molecule has 0 bridgehead atoms. The first-order valence-electron chi connectivity index (χ1n) is 6.49.